The van der Waals surface area contributed by atoms with Crippen LogP contribution >= 0.6 is 11.6 Å². The van der Waals surface area contributed by atoms with Crippen LogP contribution in [0, 0.1) is 0 Å². The summed E-state index contributed by atoms with van der Waals surface area (Å²) in [5.41, 5.74) is 7.68. The van der Waals surface area contributed by atoms with Gasteiger partial charge in [-0.15, -0.1) is 5.10 Å². The van der Waals surface area contributed by atoms with Crippen molar-refractivity contribution in [2.45, 2.75) is 64.2 Å². The zero-order valence-electron chi connectivity index (χ0n) is 17.5. The predicted molar refractivity (Wildman–Crippen MR) is 119 cm³/mol. The Hall–Kier alpha value is -2.85. The molecule has 1 aliphatic carbocycles. The van der Waals surface area contributed by atoms with E-state index in [1.54, 1.807) is 4.68 Å². The van der Waals surface area contributed by atoms with Crippen LogP contribution in [0.25, 0.3) is 11.2 Å². The fourth-order valence-electron chi connectivity index (χ4n) is 3.83. The third-order valence-corrected chi connectivity index (χ3v) is 5.77. The normalized spacial score (nSPS) is 19.1. The molecule has 3 aromatic rings. The van der Waals surface area contributed by atoms with Crippen molar-refractivity contribution in [3.05, 3.63) is 22.7 Å². The Kier molecular flexibility index (Phi) is 6.01. The van der Waals surface area contributed by atoms with Crippen LogP contribution < -0.4 is 16.4 Å². The highest BCUT2D eigenvalue weighted by Gasteiger charge is 2.24. The van der Waals surface area contributed by atoms with E-state index >= 15 is 0 Å². The summed E-state index contributed by atoms with van der Waals surface area (Å²) in [6, 6.07) is 2.94. The summed E-state index contributed by atoms with van der Waals surface area (Å²) < 4.78 is 1.73. The van der Waals surface area contributed by atoms with E-state index in [-0.39, 0.29) is 41.2 Å². The van der Waals surface area contributed by atoms with Gasteiger partial charge in [-0.1, -0.05) is 29.7 Å². The van der Waals surface area contributed by atoms with Gasteiger partial charge in [-0.3, -0.25) is 0 Å². The summed E-state index contributed by atoms with van der Waals surface area (Å²) in [4.78, 5) is 9.25. The fourth-order valence-corrected chi connectivity index (χ4v) is 4.04. The van der Waals surface area contributed by atoms with Crippen molar-refractivity contribution in [1.82, 2.24) is 25.0 Å². The first kappa shape index (κ1) is 21.4. The second-order valence-electron chi connectivity index (χ2n) is 8.17. The van der Waals surface area contributed by atoms with Crippen LogP contribution in [0.1, 0.15) is 51.1 Å². The Morgan fingerprint density at radius 3 is 2.58 bits per heavy atom. The monoisotopic (exact) mass is 446 g/mol. The molecule has 0 amide bonds. The number of aromatic hydroxyl groups is 2. The Balaban J connectivity index is 1.68. The zero-order valence-corrected chi connectivity index (χ0v) is 18.3. The number of nitrogens with one attached hydrogen (secondary N) is 2. The first-order valence-electron chi connectivity index (χ1n) is 10.4. The van der Waals surface area contributed by atoms with E-state index in [4.69, 9.17) is 17.3 Å². The minimum absolute atomic E-state index is 0.0422. The molecular weight excluding hydrogens is 420 g/mol. The fraction of sp³-hybridized carbons (Fsp3) is 0.500. The first-order valence-corrected chi connectivity index (χ1v) is 10.8. The van der Waals surface area contributed by atoms with Gasteiger partial charge < -0.3 is 26.6 Å². The number of benzene rings is 1. The van der Waals surface area contributed by atoms with Crippen molar-refractivity contribution in [2.75, 3.05) is 10.6 Å². The zero-order chi connectivity index (χ0) is 22.1. The number of phenols is 2. The number of nitrogens with zero attached hydrogens (tertiary/aromatic N) is 5. The van der Waals surface area contributed by atoms with Crippen LogP contribution in [-0.2, 0) is 6.54 Å². The first-order chi connectivity index (χ1) is 14.8. The van der Waals surface area contributed by atoms with E-state index in [0.717, 1.165) is 25.7 Å². The lowest BCUT2D eigenvalue weighted by Gasteiger charge is -2.29. The number of rotatable bonds is 6. The Labute approximate surface area is 184 Å². The number of fused-ring (bicyclic) bond motifs is 1. The van der Waals surface area contributed by atoms with Crippen LogP contribution in [-0.4, -0.2) is 47.3 Å². The summed E-state index contributed by atoms with van der Waals surface area (Å²) in [6.07, 6.45) is 4.16. The van der Waals surface area contributed by atoms with Gasteiger partial charge in [0, 0.05) is 23.7 Å². The molecule has 1 saturated carbocycles. The van der Waals surface area contributed by atoms with Gasteiger partial charge in [0.15, 0.2) is 17.0 Å². The van der Waals surface area contributed by atoms with Gasteiger partial charge in [0.1, 0.15) is 11.5 Å². The summed E-state index contributed by atoms with van der Waals surface area (Å²) in [6.45, 7) is 4.10. The topological polar surface area (TPSA) is 147 Å². The van der Waals surface area contributed by atoms with E-state index in [0.29, 0.717) is 28.5 Å². The molecule has 2 aromatic heterocycles. The molecule has 2 atom stereocenters. The third-order valence-electron chi connectivity index (χ3n) is 5.55. The molecule has 2 heterocycles. The minimum Gasteiger partial charge on any atom is -0.507 e. The second kappa shape index (κ2) is 8.72. The van der Waals surface area contributed by atoms with Crippen LogP contribution in [0.4, 0.5) is 11.8 Å². The predicted octanol–water partition coefficient (Wildman–Crippen LogP) is 3.16. The van der Waals surface area contributed by atoms with Gasteiger partial charge in [-0.25, -0.2) is 4.68 Å². The van der Waals surface area contributed by atoms with E-state index in [2.05, 4.69) is 30.9 Å². The molecular formula is C20H27ClN8O2. The number of aromatic nitrogens is 5. The highest BCUT2D eigenvalue weighted by Crippen LogP contribution is 2.32. The smallest absolute Gasteiger partial charge is 0.227 e. The van der Waals surface area contributed by atoms with Crippen LogP contribution in [0.15, 0.2) is 12.1 Å². The van der Waals surface area contributed by atoms with Gasteiger partial charge in [0.2, 0.25) is 5.95 Å². The maximum atomic E-state index is 10.2. The van der Waals surface area contributed by atoms with Crippen molar-refractivity contribution in [2.24, 2.45) is 5.73 Å². The third kappa shape index (κ3) is 4.45. The molecule has 11 heteroatoms. The van der Waals surface area contributed by atoms with Gasteiger partial charge >= 0.3 is 0 Å². The summed E-state index contributed by atoms with van der Waals surface area (Å²) in [5.74, 6) is 0.656. The highest BCUT2D eigenvalue weighted by atomic mass is 35.5. The van der Waals surface area contributed by atoms with E-state index in [1.807, 2.05) is 13.8 Å². The molecule has 0 spiro atoms. The van der Waals surface area contributed by atoms with Crippen LogP contribution in [0.3, 0.4) is 0 Å². The molecule has 0 radical (unpaired) electrons. The summed E-state index contributed by atoms with van der Waals surface area (Å²) in [5, 5.41) is 35.6. The molecule has 1 fully saturated rings. The average molecular weight is 447 g/mol. The molecule has 1 aliphatic rings. The van der Waals surface area contributed by atoms with E-state index < -0.39 is 0 Å². The lowest BCUT2D eigenvalue weighted by Crippen LogP contribution is -2.43. The number of hydrogen-bond acceptors (Lipinski definition) is 9. The number of nitrogens with two attached hydrogens (primary N) is 1. The Morgan fingerprint density at radius 1 is 1.19 bits per heavy atom. The molecule has 6 N–H and O–H groups in total. The highest BCUT2D eigenvalue weighted by molar-refractivity contribution is 6.30. The second-order valence-corrected chi connectivity index (χ2v) is 8.61. The maximum Gasteiger partial charge on any atom is 0.227 e. The molecule has 1 aromatic carbocycles. The molecule has 166 valence electrons. The van der Waals surface area contributed by atoms with Crippen molar-refractivity contribution in [1.29, 1.82) is 0 Å². The van der Waals surface area contributed by atoms with Gasteiger partial charge in [0.05, 0.1) is 11.6 Å². The maximum absolute atomic E-state index is 10.2. The number of anilines is 2. The largest absolute Gasteiger partial charge is 0.507 e. The summed E-state index contributed by atoms with van der Waals surface area (Å²) >= 11 is 5.87. The molecule has 0 saturated heterocycles. The molecule has 31 heavy (non-hydrogen) atoms. The van der Waals surface area contributed by atoms with E-state index in [9.17, 15) is 10.2 Å². The van der Waals surface area contributed by atoms with Crippen molar-refractivity contribution in [3.8, 4) is 11.5 Å². The summed E-state index contributed by atoms with van der Waals surface area (Å²) in [7, 11) is 0. The standard InChI is InChI=1S/C20H27ClN8O2/c1-10(2)29-19-17(27-28-29)18(23-9-12-15(30)7-11(21)8-16(12)31)25-20(26-19)24-14-6-4-3-5-13(14)22/h7-8,10,13-14,30-31H,3-6,9,22H2,1-2H3,(H2,23,24,25,26). The SMILES string of the molecule is CC(C)n1nnc2c(NCc3c(O)cc(Cl)cc3O)nc(NC3CCCCC3N)nc21. The number of phenolic OH excluding ortho intramolecular Hbond substituents is 2. The quantitative estimate of drug-likeness (QED) is 0.385. The number of halogens is 1. The Bertz CT molecular complexity index is 1060. The van der Waals surface area contributed by atoms with Gasteiger partial charge in [-0.2, -0.15) is 9.97 Å². The minimum atomic E-state index is -0.111. The molecule has 0 aliphatic heterocycles. The van der Waals surface area contributed by atoms with Crippen LogP contribution in [0.5, 0.6) is 11.5 Å². The van der Waals surface area contributed by atoms with Crippen molar-refractivity contribution < 1.29 is 10.2 Å². The number of hydrogen-bond donors (Lipinski definition) is 5. The van der Waals surface area contributed by atoms with Crippen molar-refractivity contribution >= 4 is 34.5 Å². The lowest BCUT2D eigenvalue weighted by atomic mass is 9.91. The Morgan fingerprint density at radius 2 is 1.90 bits per heavy atom. The van der Waals surface area contributed by atoms with Crippen molar-refractivity contribution in [3.63, 3.8) is 0 Å². The van der Waals surface area contributed by atoms with Gasteiger partial charge in [0.25, 0.3) is 0 Å². The molecule has 10 nitrogen and oxygen atoms in total. The van der Waals surface area contributed by atoms with E-state index in [1.165, 1.54) is 12.1 Å². The van der Waals surface area contributed by atoms with Crippen LogP contribution in [0.2, 0.25) is 5.02 Å². The lowest BCUT2D eigenvalue weighted by molar-refractivity contribution is 0.402. The molecule has 4 rings (SSSR count). The molecule has 0 bridgehead atoms. The average Bonchev–Trinajstić information content (AvgIpc) is 3.13. The molecule has 2 unspecified atom stereocenters. The van der Waals surface area contributed by atoms with Gasteiger partial charge in [-0.05, 0) is 38.8 Å².